The second kappa shape index (κ2) is 7.44. The van der Waals surface area contributed by atoms with E-state index in [0.717, 1.165) is 11.3 Å². The van der Waals surface area contributed by atoms with E-state index in [4.69, 9.17) is 4.74 Å². The SMILES string of the molecule is COCCN1C[C@H](C(=O)NCCc2cn3ccccc3n2)CC1=O. The van der Waals surface area contributed by atoms with Gasteiger partial charge >= 0.3 is 0 Å². The fourth-order valence-corrected chi connectivity index (χ4v) is 2.93. The van der Waals surface area contributed by atoms with Crippen molar-refractivity contribution >= 4 is 17.5 Å². The van der Waals surface area contributed by atoms with Crippen molar-refractivity contribution in [3.8, 4) is 0 Å². The average Bonchev–Trinajstić information content (AvgIpc) is 3.15. The third-order valence-electron chi connectivity index (χ3n) is 4.24. The predicted octanol–water partition coefficient (Wildman–Crippen LogP) is 0.488. The van der Waals surface area contributed by atoms with Crippen molar-refractivity contribution in [3.05, 3.63) is 36.3 Å². The number of nitrogens with one attached hydrogen (secondary N) is 1. The Labute approximate surface area is 140 Å². The molecule has 7 nitrogen and oxygen atoms in total. The molecule has 1 aliphatic heterocycles. The summed E-state index contributed by atoms with van der Waals surface area (Å²) < 4.78 is 6.94. The van der Waals surface area contributed by atoms with Crippen LogP contribution in [-0.2, 0) is 20.7 Å². The van der Waals surface area contributed by atoms with Gasteiger partial charge in [0.05, 0.1) is 18.2 Å². The van der Waals surface area contributed by atoms with Crippen LogP contribution >= 0.6 is 0 Å². The van der Waals surface area contributed by atoms with Gasteiger partial charge in [0.25, 0.3) is 0 Å². The number of carbonyl (C=O) groups excluding carboxylic acids is 2. The Morgan fingerprint density at radius 3 is 3.12 bits per heavy atom. The first kappa shape index (κ1) is 16.4. The molecule has 0 radical (unpaired) electrons. The van der Waals surface area contributed by atoms with Crippen molar-refractivity contribution < 1.29 is 14.3 Å². The molecule has 24 heavy (non-hydrogen) atoms. The lowest BCUT2D eigenvalue weighted by Gasteiger charge is -2.15. The minimum absolute atomic E-state index is 0.0209. The molecule has 128 valence electrons. The van der Waals surface area contributed by atoms with Gasteiger partial charge in [-0.05, 0) is 12.1 Å². The molecule has 1 N–H and O–H groups in total. The van der Waals surface area contributed by atoms with E-state index < -0.39 is 0 Å². The molecule has 1 fully saturated rings. The van der Waals surface area contributed by atoms with Crippen LogP contribution in [-0.4, -0.2) is 59.4 Å². The Morgan fingerprint density at radius 1 is 1.46 bits per heavy atom. The Bertz CT molecular complexity index is 694. The van der Waals surface area contributed by atoms with Gasteiger partial charge in [-0.25, -0.2) is 4.98 Å². The van der Waals surface area contributed by atoms with Gasteiger partial charge < -0.3 is 19.4 Å². The Morgan fingerprint density at radius 2 is 2.33 bits per heavy atom. The first-order valence-corrected chi connectivity index (χ1v) is 8.14. The largest absolute Gasteiger partial charge is 0.383 e. The summed E-state index contributed by atoms with van der Waals surface area (Å²) in [4.78, 5) is 30.3. The summed E-state index contributed by atoms with van der Waals surface area (Å²) in [5.41, 5.74) is 1.83. The molecule has 3 rings (SSSR count). The lowest BCUT2D eigenvalue weighted by molar-refractivity contribution is -0.129. The highest BCUT2D eigenvalue weighted by Gasteiger charge is 2.33. The summed E-state index contributed by atoms with van der Waals surface area (Å²) in [5.74, 6) is -0.310. The zero-order chi connectivity index (χ0) is 16.9. The monoisotopic (exact) mass is 330 g/mol. The average molecular weight is 330 g/mol. The molecule has 0 saturated carbocycles. The van der Waals surface area contributed by atoms with Gasteiger partial charge in [-0.3, -0.25) is 9.59 Å². The van der Waals surface area contributed by atoms with Gasteiger partial charge in [-0.2, -0.15) is 0 Å². The summed E-state index contributed by atoms with van der Waals surface area (Å²) in [7, 11) is 1.60. The van der Waals surface area contributed by atoms with Gasteiger partial charge in [0.15, 0.2) is 0 Å². The van der Waals surface area contributed by atoms with Crippen molar-refractivity contribution in [2.24, 2.45) is 5.92 Å². The van der Waals surface area contributed by atoms with Gasteiger partial charge in [0.2, 0.25) is 11.8 Å². The molecule has 2 amide bonds. The van der Waals surface area contributed by atoms with E-state index in [0.29, 0.717) is 32.7 Å². The lowest BCUT2D eigenvalue weighted by Crippen LogP contribution is -2.34. The van der Waals surface area contributed by atoms with Gasteiger partial charge in [0, 0.05) is 52.0 Å². The van der Waals surface area contributed by atoms with Crippen LogP contribution in [0.2, 0.25) is 0 Å². The van der Waals surface area contributed by atoms with Crippen LogP contribution in [0.5, 0.6) is 0 Å². The molecule has 0 bridgehead atoms. The summed E-state index contributed by atoms with van der Waals surface area (Å²) >= 11 is 0. The zero-order valence-electron chi connectivity index (χ0n) is 13.8. The third kappa shape index (κ3) is 3.73. The van der Waals surface area contributed by atoms with E-state index in [1.807, 2.05) is 35.0 Å². The summed E-state index contributed by atoms with van der Waals surface area (Å²) in [6.45, 7) is 2.03. The quantitative estimate of drug-likeness (QED) is 0.801. The van der Waals surface area contributed by atoms with Crippen molar-refractivity contribution in [3.63, 3.8) is 0 Å². The van der Waals surface area contributed by atoms with Crippen LogP contribution in [0.25, 0.3) is 5.65 Å². The fourth-order valence-electron chi connectivity index (χ4n) is 2.93. The maximum absolute atomic E-state index is 12.2. The van der Waals surface area contributed by atoms with Crippen LogP contribution in [0.15, 0.2) is 30.6 Å². The second-order valence-electron chi connectivity index (χ2n) is 5.97. The number of nitrogens with zero attached hydrogens (tertiary/aromatic N) is 3. The summed E-state index contributed by atoms with van der Waals surface area (Å²) in [6.07, 6.45) is 4.86. The number of fused-ring (bicyclic) bond motifs is 1. The van der Waals surface area contributed by atoms with Crippen molar-refractivity contribution in [1.29, 1.82) is 0 Å². The molecule has 0 aliphatic carbocycles. The molecule has 1 saturated heterocycles. The molecular formula is C17H22N4O3. The van der Waals surface area contributed by atoms with Crippen LogP contribution in [0, 0.1) is 5.92 Å². The first-order valence-electron chi connectivity index (χ1n) is 8.14. The number of pyridine rings is 1. The first-order chi connectivity index (χ1) is 11.7. The number of imidazole rings is 1. The number of methoxy groups -OCH3 is 1. The second-order valence-corrected chi connectivity index (χ2v) is 5.97. The summed E-state index contributed by atoms with van der Waals surface area (Å²) in [5, 5.41) is 2.92. The number of likely N-dealkylation sites (tertiary alicyclic amines) is 1. The maximum atomic E-state index is 12.2. The lowest BCUT2D eigenvalue weighted by atomic mass is 10.1. The van der Waals surface area contributed by atoms with E-state index in [1.54, 1.807) is 12.0 Å². The van der Waals surface area contributed by atoms with E-state index in [-0.39, 0.29) is 24.2 Å². The summed E-state index contributed by atoms with van der Waals surface area (Å²) in [6, 6.07) is 5.84. The van der Waals surface area contributed by atoms with Gasteiger partial charge in [0.1, 0.15) is 5.65 Å². The molecule has 0 spiro atoms. The van der Waals surface area contributed by atoms with Crippen LogP contribution < -0.4 is 5.32 Å². The van der Waals surface area contributed by atoms with Crippen molar-refractivity contribution in [2.75, 3.05) is 33.4 Å². The predicted molar refractivity (Wildman–Crippen MR) is 88.5 cm³/mol. The molecule has 0 unspecified atom stereocenters. The Balaban J connectivity index is 1.46. The standard InChI is InChI=1S/C17H22N4O3/c1-24-9-8-21-11-13(10-16(21)22)17(23)18-6-5-14-12-20-7-3-2-4-15(20)19-14/h2-4,7,12-13H,5-6,8-11H2,1H3,(H,18,23)/t13-/m1/s1. The fraction of sp³-hybridized carbons (Fsp3) is 0.471. The highest BCUT2D eigenvalue weighted by Crippen LogP contribution is 2.17. The van der Waals surface area contributed by atoms with Gasteiger partial charge in [-0.15, -0.1) is 0 Å². The molecule has 2 aromatic heterocycles. The van der Waals surface area contributed by atoms with Crippen LogP contribution in [0.1, 0.15) is 12.1 Å². The minimum Gasteiger partial charge on any atom is -0.383 e. The number of hydrogen-bond acceptors (Lipinski definition) is 4. The minimum atomic E-state index is -0.268. The van der Waals surface area contributed by atoms with E-state index in [1.165, 1.54) is 0 Å². The van der Waals surface area contributed by atoms with E-state index in [9.17, 15) is 9.59 Å². The van der Waals surface area contributed by atoms with Crippen molar-refractivity contribution in [1.82, 2.24) is 19.6 Å². The van der Waals surface area contributed by atoms with E-state index >= 15 is 0 Å². The maximum Gasteiger partial charge on any atom is 0.225 e. The van der Waals surface area contributed by atoms with Crippen LogP contribution in [0.4, 0.5) is 0 Å². The van der Waals surface area contributed by atoms with E-state index in [2.05, 4.69) is 10.3 Å². The number of amides is 2. The molecule has 7 heteroatoms. The molecule has 0 aromatic carbocycles. The molecular weight excluding hydrogens is 308 g/mol. The Hall–Kier alpha value is -2.41. The molecule has 1 aliphatic rings. The molecule has 3 heterocycles. The normalized spacial score (nSPS) is 17.6. The number of ether oxygens (including phenoxy) is 1. The number of rotatable bonds is 7. The number of hydrogen-bond donors (Lipinski definition) is 1. The number of aromatic nitrogens is 2. The smallest absolute Gasteiger partial charge is 0.225 e. The van der Waals surface area contributed by atoms with Crippen LogP contribution in [0.3, 0.4) is 0 Å². The van der Waals surface area contributed by atoms with Crippen molar-refractivity contribution in [2.45, 2.75) is 12.8 Å². The molecule has 2 aromatic rings. The highest BCUT2D eigenvalue weighted by atomic mass is 16.5. The van der Waals surface area contributed by atoms with Gasteiger partial charge in [-0.1, -0.05) is 6.07 Å². The highest BCUT2D eigenvalue weighted by molar-refractivity contribution is 5.89. The third-order valence-corrected chi connectivity index (χ3v) is 4.24. The molecule has 1 atom stereocenters. The topological polar surface area (TPSA) is 75.9 Å². The number of carbonyl (C=O) groups is 2. The zero-order valence-corrected chi connectivity index (χ0v) is 13.8. The Kier molecular flexibility index (Phi) is 5.10.